The number of thiophene rings is 1. The van der Waals surface area contributed by atoms with E-state index in [2.05, 4.69) is 9.82 Å². The van der Waals surface area contributed by atoms with Crippen molar-refractivity contribution in [2.24, 2.45) is 7.05 Å². The van der Waals surface area contributed by atoms with Gasteiger partial charge in [-0.05, 0) is 30.4 Å². The molecule has 1 saturated heterocycles. The molecule has 0 bridgehead atoms. The standard InChI is InChI=1S/C16H20N4O3S2/c1-19-12-13(11-17-19)4-5-15(21)20-8-6-14(7-9-20)18-25(22,23)16-3-2-10-24-16/h2-5,10-12,14,18H,6-9H2,1H3/b5-4+. The quantitative estimate of drug-likeness (QED) is 0.796. The molecule has 0 unspecified atom stereocenters. The van der Waals surface area contributed by atoms with Crippen LogP contribution in [0.25, 0.3) is 6.08 Å². The van der Waals surface area contributed by atoms with Gasteiger partial charge < -0.3 is 4.90 Å². The van der Waals surface area contributed by atoms with Gasteiger partial charge in [-0.25, -0.2) is 13.1 Å². The lowest BCUT2D eigenvalue weighted by Crippen LogP contribution is -2.46. The second-order valence-electron chi connectivity index (χ2n) is 5.93. The molecular formula is C16H20N4O3S2. The molecule has 3 rings (SSSR count). The van der Waals surface area contributed by atoms with E-state index in [0.717, 1.165) is 5.56 Å². The monoisotopic (exact) mass is 380 g/mol. The van der Waals surface area contributed by atoms with Gasteiger partial charge in [0.05, 0.1) is 6.20 Å². The summed E-state index contributed by atoms with van der Waals surface area (Å²) in [5.41, 5.74) is 0.870. The Balaban J connectivity index is 1.51. The maximum atomic E-state index is 12.2. The van der Waals surface area contributed by atoms with E-state index < -0.39 is 10.0 Å². The minimum Gasteiger partial charge on any atom is -0.339 e. The van der Waals surface area contributed by atoms with Crippen molar-refractivity contribution in [1.29, 1.82) is 0 Å². The Hall–Kier alpha value is -1.97. The van der Waals surface area contributed by atoms with Crippen LogP contribution in [-0.2, 0) is 21.9 Å². The summed E-state index contributed by atoms with van der Waals surface area (Å²) in [5.74, 6) is -0.0663. The number of carbonyl (C=O) groups excluding carboxylic acids is 1. The van der Waals surface area contributed by atoms with Crippen molar-refractivity contribution >= 4 is 33.3 Å². The van der Waals surface area contributed by atoms with Crippen LogP contribution in [0.1, 0.15) is 18.4 Å². The molecule has 2 aromatic heterocycles. The zero-order valence-electron chi connectivity index (χ0n) is 13.8. The molecule has 1 fully saturated rings. The van der Waals surface area contributed by atoms with Crippen LogP contribution in [-0.4, -0.2) is 48.1 Å². The highest BCUT2D eigenvalue weighted by atomic mass is 32.2. The Kier molecular flexibility index (Phi) is 5.36. The van der Waals surface area contributed by atoms with E-state index in [4.69, 9.17) is 0 Å². The second-order valence-corrected chi connectivity index (χ2v) is 8.82. The van der Waals surface area contributed by atoms with Crippen LogP contribution in [0.4, 0.5) is 0 Å². The topological polar surface area (TPSA) is 84.3 Å². The first-order chi connectivity index (χ1) is 11.9. The van der Waals surface area contributed by atoms with Crippen molar-refractivity contribution in [2.45, 2.75) is 23.1 Å². The molecule has 1 N–H and O–H groups in total. The van der Waals surface area contributed by atoms with Gasteiger partial charge >= 0.3 is 0 Å². The summed E-state index contributed by atoms with van der Waals surface area (Å²) in [6.45, 7) is 1.07. The molecule has 0 atom stereocenters. The van der Waals surface area contributed by atoms with E-state index in [1.54, 1.807) is 39.4 Å². The number of nitrogens with zero attached hydrogens (tertiary/aromatic N) is 3. The van der Waals surface area contributed by atoms with Crippen LogP contribution in [0.2, 0.25) is 0 Å². The molecule has 0 spiro atoms. The number of amides is 1. The molecule has 2 aromatic rings. The number of rotatable bonds is 5. The third-order valence-electron chi connectivity index (χ3n) is 4.03. The maximum Gasteiger partial charge on any atom is 0.250 e. The fraction of sp³-hybridized carbons (Fsp3) is 0.375. The maximum absolute atomic E-state index is 12.2. The molecule has 134 valence electrons. The fourth-order valence-electron chi connectivity index (χ4n) is 2.71. The number of likely N-dealkylation sites (tertiary alicyclic amines) is 1. The minimum absolute atomic E-state index is 0.0663. The van der Waals surface area contributed by atoms with Crippen LogP contribution < -0.4 is 4.72 Å². The van der Waals surface area contributed by atoms with E-state index >= 15 is 0 Å². The normalized spacial score (nSPS) is 16.6. The Morgan fingerprint density at radius 1 is 1.40 bits per heavy atom. The first-order valence-electron chi connectivity index (χ1n) is 7.95. The van der Waals surface area contributed by atoms with Crippen molar-refractivity contribution < 1.29 is 13.2 Å². The number of aromatic nitrogens is 2. The number of sulfonamides is 1. The Labute approximate surface area is 151 Å². The minimum atomic E-state index is -3.46. The molecule has 0 saturated carbocycles. The molecular weight excluding hydrogens is 360 g/mol. The van der Waals surface area contributed by atoms with E-state index in [0.29, 0.717) is 30.1 Å². The Morgan fingerprint density at radius 3 is 2.76 bits per heavy atom. The van der Waals surface area contributed by atoms with Gasteiger partial charge in [-0.3, -0.25) is 9.48 Å². The van der Waals surface area contributed by atoms with Gasteiger partial charge in [0.15, 0.2) is 0 Å². The number of hydrogen-bond donors (Lipinski definition) is 1. The van der Waals surface area contributed by atoms with Crippen molar-refractivity contribution in [2.75, 3.05) is 13.1 Å². The summed E-state index contributed by atoms with van der Waals surface area (Å²) in [6, 6.07) is 3.17. The van der Waals surface area contributed by atoms with Crippen molar-refractivity contribution in [3.63, 3.8) is 0 Å². The number of aryl methyl sites for hydroxylation is 1. The molecule has 25 heavy (non-hydrogen) atoms. The predicted octanol–water partition coefficient (Wildman–Crippen LogP) is 1.46. The van der Waals surface area contributed by atoms with Crippen molar-refractivity contribution in [3.8, 4) is 0 Å². The summed E-state index contributed by atoms with van der Waals surface area (Å²) >= 11 is 1.20. The average molecular weight is 380 g/mol. The van der Waals surface area contributed by atoms with E-state index in [1.165, 1.54) is 17.4 Å². The van der Waals surface area contributed by atoms with Crippen LogP contribution in [0.5, 0.6) is 0 Å². The van der Waals surface area contributed by atoms with Gasteiger partial charge in [0, 0.05) is 44.0 Å². The molecule has 0 aromatic carbocycles. The van der Waals surface area contributed by atoms with E-state index in [1.807, 2.05) is 13.2 Å². The smallest absolute Gasteiger partial charge is 0.250 e. The zero-order valence-corrected chi connectivity index (χ0v) is 15.5. The number of hydrogen-bond acceptors (Lipinski definition) is 5. The van der Waals surface area contributed by atoms with Crippen molar-refractivity contribution in [3.05, 3.63) is 41.5 Å². The molecule has 1 amide bonds. The first-order valence-corrected chi connectivity index (χ1v) is 10.3. The van der Waals surface area contributed by atoms with Crippen LogP contribution in [0, 0.1) is 0 Å². The summed E-state index contributed by atoms with van der Waals surface area (Å²) in [5, 5.41) is 5.79. The summed E-state index contributed by atoms with van der Waals surface area (Å²) in [6.07, 6.45) is 8.01. The average Bonchev–Trinajstić information content (AvgIpc) is 3.25. The summed E-state index contributed by atoms with van der Waals surface area (Å²) in [7, 11) is -1.64. The van der Waals surface area contributed by atoms with Gasteiger partial charge in [0.2, 0.25) is 15.9 Å². The molecule has 7 nitrogen and oxygen atoms in total. The lowest BCUT2D eigenvalue weighted by atomic mass is 10.1. The van der Waals surface area contributed by atoms with Crippen LogP contribution in [0.3, 0.4) is 0 Å². The van der Waals surface area contributed by atoms with Crippen LogP contribution in [0.15, 0.2) is 40.2 Å². The molecule has 1 aliphatic heterocycles. The Morgan fingerprint density at radius 2 is 2.16 bits per heavy atom. The van der Waals surface area contributed by atoms with E-state index in [9.17, 15) is 13.2 Å². The van der Waals surface area contributed by atoms with Gasteiger partial charge in [-0.15, -0.1) is 11.3 Å². The first kappa shape index (κ1) is 17.8. The molecule has 0 radical (unpaired) electrons. The highest BCUT2D eigenvalue weighted by Gasteiger charge is 2.26. The fourth-order valence-corrected chi connectivity index (χ4v) is 5.03. The summed E-state index contributed by atoms with van der Waals surface area (Å²) < 4.78 is 29.2. The molecule has 3 heterocycles. The largest absolute Gasteiger partial charge is 0.339 e. The highest BCUT2D eigenvalue weighted by molar-refractivity contribution is 7.91. The highest BCUT2D eigenvalue weighted by Crippen LogP contribution is 2.19. The van der Waals surface area contributed by atoms with Crippen molar-refractivity contribution in [1.82, 2.24) is 19.4 Å². The van der Waals surface area contributed by atoms with Crippen LogP contribution >= 0.6 is 11.3 Å². The second kappa shape index (κ2) is 7.51. The third kappa shape index (κ3) is 4.56. The number of piperidine rings is 1. The van der Waals surface area contributed by atoms with Gasteiger partial charge in [0.1, 0.15) is 4.21 Å². The molecule has 1 aliphatic rings. The number of nitrogens with one attached hydrogen (secondary N) is 1. The molecule has 9 heteroatoms. The van der Waals surface area contributed by atoms with Gasteiger partial charge in [-0.2, -0.15) is 5.10 Å². The Bertz CT molecular complexity index is 848. The van der Waals surface area contributed by atoms with Gasteiger partial charge in [0.25, 0.3) is 0 Å². The zero-order chi connectivity index (χ0) is 17.9. The molecule has 0 aliphatic carbocycles. The van der Waals surface area contributed by atoms with E-state index in [-0.39, 0.29) is 11.9 Å². The summed E-state index contributed by atoms with van der Waals surface area (Å²) in [4.78, 5) is 14.0. The SMILES string of the molecule is Cn1cc(/C=C/C(=O)N2CCC(NS(=O)(=O)c3cccs3)CC2)cn1. The number of carbonyl (C=O) groups is 1. The lowest BCUT2D eigenvalue weighted by Gasteiger charge is -2.31. The lowest BCUT2D eigenvalue weighted by molar-refractivity contribution is -0.126. The predicted molar refractivity (Wildman–Crippen MR) is 96.5 cm³/mol. The third-order valence-corrected chi connectivity index (χ3v) is 6.95. The van der Waals surface area contributed by atoms with Gasteiger partial charge in [-0.1, -0.05) is 6.07 Å².